The molecule has 1 saturated heterocycles. The van der Waals surface area contributed by atoms with Crippen LogP contribution in [0.1, 0.15) is 20.3 Å². The minimum absolute atomic E-state index is 0.00699. The lowest BCUT2D eigenvalue weighted by Crippen LogP contribution is -2.50. The molecule has 0 bridgehead atoms. The zero-order valence-electron chi connectivity index (χ0n) is 10.3. The molecule has 0 spiro atoms. The molecule has 1 aliphatic rings. The Morgan fingerprint density at radius 3 is 2.73 bits per heavy atom. The van der Waals surface area contributed by atoms with E-state index < -0.39 is 0 Å². The van der Waals surface area contributed by atoms with Crippen molar-refractivity contribution in [2.45, 2.75) is 32.4 Å². The van der Waals surface area contributed by atoms with E-state index in [2.05, 4.69) is 17.1 Å². The van der Waals surface area contributed by atoms with Crippen LogP contribution in [0.5, 0.6) is 0 Å². The van der Waals surface area contributed by atoms with E-state index in [4.69, 9.17) is 0 Å². The van der Waals surface area contributed by atoms with Gasteiger partial charge in [0.2, 0.25) is 5.91 Å². The molecule has 1 fully saturated rings. The highest BCUT2D eigenvalue weighted by Crippen LogP contribution is 2.14. The summed E-state index contributed by atoms with van der Waals surface area (Å²) in [6.07, 6.45) is 1.07. The van der Waals surface area contributed by atoms with Crippen molar-refractivity contribution in [3.05, 3.63) is 0 Å². The molecule has 2 atom stereocenters. The predicted molar refractivity (Wildman–Crippen MR) is 61.8 cm³/mol. The average molecular weight is 213 g/mol. The average Bonchev–Trinajstić information content (AvgIpc) is 2.32. The van der Waals surface area contributed by atoms with Crippen LogP contribution in [0.4, 0.5) is 0 Å². The van der Waals surface area contributed by atoms with Gasteiger partial charge in [-0.1, -0.05) is 0 Å². The number of carbonyl (C=O) groups excluding carboxylic acids is 1. The normalized spacial score (nSPS) is 29.3. The van der Waals surface area contributed by atoms with Crippen molar-refractivity contribution < 1.29 is 4.79 Å². The molecule has 88 valence electrons. The maximum absolute atomic E-state index is 12.2. The molecular formula is C11H23N3O. The summed E-state index contributed by atoms with van der Waals surface area (Å²) >= 11 is 0. The molecular weight excluding hydrogens is 190 g/mol. The van der Waals surface area contributed by atoms with Gasteiger partial charge in [0, 0.05) is 25.7 Å². The maximum Gasteiger partial charge on any atom is 0.241 e. The van der Waals surface area contributed by atoms with Crippen molar-refractivity contribution >= 4 is 5.91 Å². The first-order valence-electron chi connectivity index (χ1n) is 5.77. The van der Waals surface area contributed by atoms with Crippen LogP contribution in [0.25, 0.3) is 0 Å². The number of hydrogen-bond donors (Lipinski definition) is 1. The second kappa shape index (κ2) is 5.47. The first-order chi connectivity index (χ1) is 7.11. The van der Waals surface area contributed by atoms with Crippen LogP contribution in [0.2, 0.25) is 0 Å². The van der Waals surface area contributed by atoms with E-state index in [0.29, 0.717) is 6.04 Å². The summed E-state index contributed by atoms with van der Waals surface area (Å²) in [6.45, 7) is 6.68. The van der Waals surface area contributed by atoms with Crippen LogP contribution in [-0.4, -0.2) is 61.5 Å². The maximum atomic E-state index is 12.2. The quantitative estimate of drug-likeness (QED) is 0.725. The van der Waals surface area contributed by atoms with E-state index >= 15 is 0 Å². The minimum atomic E-state index is -0.00699. The van der Waals surface area contributed by atoms with Crippen LogP contribution in [-0.2, 0) is 4.79 Å². The van der Waals surface area contributed by atoms with Crippen LogP contribution < -0.4 is 5.32 Å². The molecule has 0 aromatic heterocycles. The van der Waals surface area contributed by atoms with Crippen molar-refractivity contribution in [2.24, 2.45) is 0 Å². The Bertz CT molecular complexity index is 220. The number of amides is 1. The fraction of sp³-hybridized carbons (Fsp3) is 0.909. The van der Waals surface area contributed by atoms with Crippen molar-refractivity contribution in [1.82, 2.24) is 15.1 Å². The van der Waals surface area contributed by atoms with Gasteiger partial charge in [0.05, 0.1) is 0 Å². The Hall–Kier alpha value is -0.610. The van der Waals surface area contributed by atoms with E-state index in [-0.39, 0.29) is 11.9 Å². The van der Waals surface area contributed by atoms with Gasteiger partial charge in [-0.25, -0.2) is 0 Å². The second-order valence-electron chi connectivity index (χ2n) is 4.29. The molecule has 4 nitrogen and oxygen atoms in total. The second-order valence-corrected chi connectivity index (χ2v) is 4.29. The fourth-order valence-corrected chi connectivity index (χ4v) is 2.09. The van der Waals surface area contributed by atoms with Crippen LogP contribution >= 0.6 is 0 Å². The molecule has 0 aromatic carbocycles. The van der Waals surface area contributed by atoms with E-state index in [1.807, 2.05) is 25.9 Å². The van der Waals surface area contributed by atoms with E-state index in [1.165, 1.54) is 0 Å². The van der Waals surface area contributed by atoms with Crippen LogP contribution in [0.3, 0.4) is 0 Å². The highest BCUT2D eigenvalue weighted by atomic mass is 16.2. The van der Waals surface area contributed by atoms with Gasteiger partial charge in [0.1, 0.15) is 6.04 Å². The molecule has 4 heteroatoms. The molecule has 2 unspecified atom stereocenters. The molecule has 1 aliphatic heterocycles. The summed E-state index contributed by atoms with van der Waals surface area (Å²) in [6, 6.07) is 0.469. The topological polar surface area (TPSA) is 35.6 Å². The van der Waals surface area contributed by atoms with Crippen molar-refractivity contribution in [3.63, 3.8) is 0 Å². The van der Waals surface area contributed by atoms with Crippen LogP contribution in [0.15, 0.2) is 0 Å². The van der Waals surface area contributed by atoms with Gasteiger partial charge in [-0.2, -0.15) is 0 Å². The molecule has 1 amide bonds. The van der Waals surface area contributed by atoms with Gasteiger partial charge in [0.15, 0.2) is 0 Å². The zero-order chi connectivity index (χ0) is 11.4. The zero-order valence-corrected chi connectivity index (χ0v) is 10.3. The Kier molecular flexibility index (Phi) is 4.54. The molecule has 1 N–H and O–H groups in total. The molecule has 1 rings (SSSR count). The molecule has 15 heavy (non-hydrogen) atoms. The standard InChI is InChI=1S/C11H23N3O/c1-5-14-7-6-9(2)13(4)10(8-12-3)11(14)15/h9-10,12H,5-8H2,1-4H3. The van der Waals surface area contributed by atoms with Crippen LogP contribution in [0, 0.1) is 0 Å². The summed E-state index contributed by atoms with van der Waals surface area (Å²) in [4.78, 5) is 16.3. The van der Waals surface area contributed by atoms with Crippen molar-refractivity contribution in [2.75, 3.05) is 33.7 Å². The number of likely N-dealkylation sites (N-methyl/N-ethyl adjacent to an activating group) is 3. The first kappa shape index (κ1) is 12.5. The summed E-state index contributed by atoms with van der Waals surface area (Å²) in [7, 11) is 3.94. The summed E-state index contributed by atoms with van der Waals surface area (Å²) in [5.74, 6) is 0.263. The summed E-state index contributed by atoms with van der Waals surface area (Å²) in [5.41, 5.74) is 0. The summed E-state index contributed by atoms with van der Waals surface area (Å²) in [5, 5.41) is 3.10. The third-order valence-electron chi connectivity index (χ3n) is 3.38. The van der Waals surface area contributed by atoms with Crippen molar-refractivity contribution in [3.8, 4) is 0 Å². The monoisotopic (exact) mass is 213 g/mol. The van der Waals surface area contributed by atoms with Gasteiger partial charge in [-0.3, -0.25) is 9.69 Å². The van der Waals surface area contributed by atoms with Gasteiger partial charge in [0.25, 0.3) is 0 Å². The minimum Gasteiger partial charge on any atom is -0.342 e. The molecule has 0 radical (unpaired) electrons. The lowest BCUT2D eigenvalue weighted by atomic mass is 10.2. The predicted octanol–water partition coefficient (Wildman–Crippen LogP) is 0.147. The van der Waals surface area contributed by atoms with Crippen molar-refractivity contribution in [1.29, 1.82) is 0 Å². The van der Waals surface area contributed by atoms with E-state index in [9.17, 15) is 4.79 Å². The Labute approximate surface area is 92.6 Å². The third-order valence-corrected chi connectivity index (χ3v) is 3.38. The van der Waals surface area contributed by atoms with E-state index in [1.54, 1.807) is 0 Å². The van der Waals surface area contributed by atoms with E-state index in [0.717, 1.165) is 26.1 Å². The Morgan fingerprint density at radius 2 is 2.20 bits per heavy atom. The van der Waals surface area contributed by atoms with Gasteiger partial charge in [-0.15, -0.1) is 0 Å². The highest BCUT2D eigenvalue weighted by molar-refractivity contribution is 5.82. The molecule has 0 saturated carbocycles. The fourth-order valence-electron chi connectivity index (χ4n) is 2.09. The molecule has 0 aliphatic carbocycles. The number of nitrogens with one attached hydrogen (secondary N) is 1. The first-order valence-corrected chi connectivity index (χ1v) is 5.77. The smallest absolute Gasteiger partial charge is 0.241 e. The lowest BCUT2D eigenvalue weighted by Gasteiger charge is -2.30. The van der Waals surface area contributed by atoms with Gasteiger partial charge in [-0.05, 0) is 34.4 Å². The number of rotatable bonds is 3. The Balaban J connectivity index is 2.80. The van der Waals surface area contributed by atoms with Gasteiger partial charge < -0.3 is 10.2 Å². The Morgan fingerprint density at radius 1 is 1.53 bits per heavy atom. The number of hydrogen-bond acceptors (Lipinski definition) is 3. The third kappa shape index (κ3) is 2.69. The number of nitrogens with zero attached hydrogens (tertiary/aromatic N) is 2. The lowest BCUT2D eigenvalue weighted by molar-refractivity contribution is -0.134. The summed E-state index contributed by atoms with van der Waals surface area (Å²) < 4.78 is 0. The number of carbonyl (C=O) groups is 1. The molecule has 0 aromatic rings. The van der Waals surface area contributed by atoms with Gasteiger partial charge >= 0.3 is 0 Å². The largest absolute Gasteiger partial charge is 0.342 e. The SMILES string of the molecule is CCN1CCC(C)N(C)C(CNC)C1=O. The molecule has 1 heterocycles. The highest BCUT2D eigenvalue weighted by Gasteiger charge is 2.32.